The van der Waals surface area contributed by atoms with Gasteiger partial charge in [0.1, 0.15) is 6.61 Å². The van der Waals surface area contributed by atoms with E-state index >= 15 is 0 Å². The summed E-state index contributed by atoms with van der Waals surface area (Å²) in [6, 6.07) is 0. The maximum atomic E-state index is 11.8. The maximum absolute atomic E-state index is 11.8. The van der Waals surface area contributed by atoms with Gasteiger partial charge in [-0.05, 0) is 32.1 Å². The van der Waals surface area contributed by atoms with E-state index in [9.17, 15) is 18.3 Å². The second-order valence-electron chi connectivity index (χ2n) is 6.11. The Kier molecular flexibility index (Phi) is 13.2. The Morgan fingerprint density at radius 2 is 1.71 bits per heavy atom. The minimum absolute atomic E-state index is 0.306. The molecule has 144 valence electrons. The summed E-state index contributed by atoms with van der Waals surface area (Å²) in [7, 11) is -3.27. The van der Waals surface area contributed by atoms with Crippen LogP contribution in [0.1, 0.15) is 58.3 Å². The summed E-state index contributed by atoms with van der Waals surface area (Å²) in [6.07, 6.45) is 7.30. The highest BCUT2D eigenvalue weighted by molar-refractivity contribution is 7.88. The number of unbranched alkanes of at least 4 members (excludes halogenated alkanes) is 3. The van der Waals surface area contributed by atoms with Gasteiger partial charge in [0, 0.05) is 19.7 Å². The van der Waals surface area contributed by atoms with E-state index in [4.69, 9.17) is 9.84 Å². The molecule has 7 nitrogen and oxygen atoms in total. The van der Waals surface area contributed by atoms with Gasteiger partial charge in [-0.15, -0.1) is 0 Å². The Hall–Kier alpha value is -0.700. The highest BCUT2D eigenvalue weighted by Crippen LogP contribution is 2.10. The molecule has 0 spiro atoms. The molecule has 0 heterocycles. The zero-order chi connectivity index (χ0) is 18.4. The topological polar surface area (TPSA) is 104 Å². The van der Waals surface area contributed by atoms with Crippen molar-refractivity contribution in [3.8, 4) is 0 Å². The number of ether oxygens (including phenoxy) is 1. The molecule has 0 aromatic heterocycles. The molecule has 0 saturated heterocycles. The van der Waals surface area contributed by atoms with Crippen molar-refractivity contribution >= 4 is 16.0 Å². The average molecular weight is 368 g/mol. The molecule has 0 aliphatic carbocycles. The Bertz CT molecular complexity index is 426. The molecule has 24 heavy (non-hydrogen) atoms. The van der Waals surface area contributed by atoms with Gasteiger partial charge in [0.15, 0.2) is 0 Å². The first-order valence-corrected chi connectivity index (χ1v) is 10.5. The molecular formula is C16H33NO6S. The predicted octanol–water partition coefficient (Wildman–Crippen LogP) is 1.85. The quantitative estimate of drug-likeness (QED) is 0.404. The van der Waals surface area contributed by atoms with Crippen LogP contribution in [-0.2, 0) is 19.6 Å². The molecule has 0 bridgehead atoms. The van der Waals surface area contributed by atoms with Crippen LogP contribution in [0.3, 0.4) is 0 Å². The van der Waals surface area contributed by atoms with Crippen LogP contribution in [0.25, 0.3) is 0 Å². The SMILES string of the molecule is CCCCC[C@H](O)CCCN(CCCCOCC(=O)O)S(C)(=O)=O. The largest absolute Gasteiger partial charge is 0.480 e. The zero-order valence-corrected chi connectivity index (χ0v) is 15.8. The lowest BCUT2D eigenvalue weighted by molar-refractivity contribution is -0.142. The summed E-state index contributed by atoms with van der Waals surface area (Å²) in [4.78, 5) is 10.3. The summed E-state index contributed by atoms with van der Waals surface area (Å²) in [6.45, 7) is 2.88. The van der Waals surface area contributed by atoms with Gasteiger partial charge >= 0.3 is 5.97 Å². The van der Waals surface area contributed by atoms with E-state index in [1.165, 1.54) is 10.6 Å². The molecule has 8 heteroatoms. The molecule has 0 aliphatic heterocycles. The number of carboxylic acids is 1. The third-order valence-electron chi connectivity index (χ3n) is 3.73. The van der Waals surface area contributed by atoms with Gasteiger partial charge in [-0.1, -0.05) is 26.2 Å². The normalized spacial score (nSPS) is 13.3. The van der Waals surface area contributed by atoms with Crippen LogP contribution in [0.4, 0.5) is 0 Å². The van der Waals surface area contributed by atoms with Crippen LogP contribution in [0.5, 0.6) is 0 Å². The van der Waals surface area contributed by atoms with Crippen molar-refractivity contribution in [3.63, 3.8) is 0 Å². The molecule has 0 fully saturated rings. The molecule has 0 aliphatic rings. The summed E-state index contributed by atoms with van der Waals surface area (Å²) in [5.41, 5.74) is 0. The van der Waals surface area contributed by atoms with Gasteiger partial charge in [-0.25, -0.2) is 17.5 Å². The highest BCUT2D eigenvalue weighted by atomic mass is 32.2. The van der Waals surface area contributed by atoms with Crippen molar-refractivity contribution < 1.29 is 28.2 Å². The van der Waals surface area contributed by atoms with E-state index in [0.29, 0.717) is 45.4 Å². The van der Waals surface area contributed by atoms with E-state index in [2.05, 4.69) is 6.92 Å². The molecule has 0 amide bonds. The molecule has 0 radical (unpaired) electrons. The summed E-state index contributed by atoms with van der Waals surface area (Å²) in [5.74, 6) is -1.01. The molecule has 0 rings (SSSR count). The van der Waals surface area contributed by atoms with E-state index in [-0.39, 0.29) is 12.7 Å². The van der Waals surface area contributed by atoms with Crippen LogP contribution in [0.2, 0.25) is 0 Å². The van der Waals surface area contributed by atoms with Crippen LogP contribution in [-0.4, -0.2) is 67.6 Å². The zero-order valence-electron chi connectivity index (χ0n) is 14.9. The Morgan fingerprint density at radius 1 is 1.08 bits per heavy atom. The minimum Gasteiger partial charge on any atom is -0.480 e. The fourth-order valence-electron chi connectivity index (χ4n) is 2.37. The molecule has 0 aromatic carbocycles. The van der Waals surface area contributed by atoms with Gasteiger partial charge in [0.05, 0.1) is 12.4 Å². The van der Waals surface area contributed by atoms with E-state index in [1.807, 2.05) is 0 Å². The lowest BCUT2D eigenvalue weighted by atomic mass is 10.1. The second-order valence-corrected chi connectivity index (χ2v) is 8.09. The number of aliphatic hydroxyl groups excluding tert-OH is 1. The molecule has 0 unspecified atom stereocenters. The third kappa shape index (κ3) is 13.7. The third-order valence-corrected chi connectivity index (χ3v) is 5.03. The van der Waals surface area contributed by atoms with Gasteiger partial charge in [0.25, 0.3) is 0 Å². The first kappa shape index (κ1) is 23.3. The first-order chi connectivity index (χ1) is 11.3. The molecule has 1 atom stereocenters. The van der Waals surface area contributed by atoms with Crippen LogP contribution in [0, 0.1) is 0 Å². The number of hydrogen-bond donors (Lipinski definition) is 2. The predicted molar refractivity (Wildman–Crippen MR) is 93.5 cm³/mol. The number of carboxylic acid groups (broad SMARTS) is 1. The monoisotopic (exact) mass is 367 g/mol. The Balaban J connectivity index is 3.96. The van der Waals surface area contributed by atoms with Crippen LogP contribution < -0.4 is 0 Å². The first-order valence-electron chi connectivity index (χ1n) is 8.70. The number of carbonyl (C=O) groups is 1. The smallest absolute Gasteiger partial charge is 0.329 e. The van der Waals surface area contributed by atoms with Crippen molar-refractivity contribution in [1.82, 2.24) is 4.31 Å². The van der Waals surface area contributed by atoms with Gasteiger partial charge in [-0.3, -0.25) is 0 Å². The fraction of sp³-hybridized carbons (Fsp3) is 0.938. The number of rotatable bonds is 16. The summed E-state index contributed by atoms with van der Waals surface area (Å²) in [5, 5.41) is 18.3. The van der Waals surface area contributed by atoms with Crippen LogP contribution in [0.15, 0.2) is 0 Å². The second kappa shape index (κ2) is 13.6. The van der Waals surface area contributed by atoms with Crippen molar-refractivity contribution in [2.24, 2.45) is 0 Å². The standard InChI is InChI=1S/C16H33NO6S/c1-3-4-5-9-15(18)10-8-12-17(24(2,21)22)11-6-7-13-23-14-16(19)20/h15,18H,3-14H2,1-2H3,(H,19,20)/t15-/m0/s1. The van der Waals surface area contributed by atoms with Crippen molar-refractivity contribution in [2.75, 3.05) is 32.6 Å². The summed E-state index contributed by atoms with van der Waals surface area (Å²) >= 11 is 0. The lowest BCUT2D eigenvalue weighted by Gasteiger charge is -2.20. The summed E-state index contributed by atoms with van der Waals surface area (Å²) < 4.78 is 29.9. The molecule has 2 N–H and O–H groups in total. The number of sulfonamides is 1. The van der Waals surface area contributed by atoms with E-state index < -0.39 is 16.0 Å². The Morgan fingerprint density at radius 3 is 2.29 bits per heavy atom. The Labute approximate surface area is 146 Å². The number of aliphatic hydroxyl groups is 1. The van der Waals surface area contributed by atoms with Crippen molar-refractivity contribution in [2.45, 2.75) is 64.4 Å². The maximum Gasteiger partial charge on any atom is 0.329 e. The van der Waals surface area contributed by atoms with Crippen LogP contribution >= 0.6 is 0 Å². The fourth-order valence-corrected chi connectivity index (χ4v) is 3.29. The number of aliphatic carboxylic acids is 1. The van der Waals surface area contributed by atoms with Gasteiger partial charge in [-0.2, -0.15) is 0 Å². The molecular weight excluding hydrogens is 334 g/mol. The van der Waals surface area contributed by atoms with E-state index in [1.54, 1.807) is 0 Å². The average Bonchev–Trinajstić information content (AvgIpc) is 2.47. The molecule has 0 aromatic rings. The van der Waals surface area contributed by atoms with Crippen molar-refractivity contribution in [3.05, 3.63) is 0 Å². The number of hydrogen-bond acceptors (Lipinski definition) is 5. The minimum atomic E-state index is -3.27. The van der Waals surface area contributed by atoms with Gasteiger partial charge in [0.2, 0.25) is 10.0 Å². The van der Waals surface area contributed by atoms with Gasteiger partial charge < -0.3 is 14.9 Å². The molecule has 0 saturated carbocycles. The number of nitrogens with zero attached hydrogens (tertiary/aromatic N) is 1. The lowest BCUT2D eigenvalue weighted by Crippen LogP contribution is -2.32. The van der Waals surface area contributed by atoms with Crippen molar-refractivity contribution in [1.29, 1.82) is 0 Å². The van der Waals surface area contributed by atoms with E-state index in [0.717, 1.165) is 25.7 Å². The highest BCUT2D eigenvalue weighted by Gasteiger charge is 2.16.